The van der Waals surface area contributed by atoms with Gasteiger partial charge in [-0.05, 0) is 6.42 Å². The predicted octanol–water partition coefficient (Wildman–Crippen LogP) is -0.0390. The van der Waals surface area contributed by atoms with Crippen molar-refractivity contribution in [3.05, 3.63) is 18.0 Å². The molecule has 2 heterocycles. The first-order valence-corrected chi connectivity index (χ1v) is 4.83. The average molecular weight is 196 g/mol. The van der Waals surface area contributed by atoms with Crippen molar-refractivity contribution in [2.24, 2.45) is 18.8 Å². The fraction of sp³-hybridized carbons (Fsp3) is 0.667. The molecule has 1 aliphatic rings. The first-order chi connectivity index (χ1) is 6.81. The number of rotatable bonds is 3. The van der Waals surface area contributed by atoms with E-state index >= 15 is 0 Å². The fourth-order valence-electron chi connectivity index (χ4n) is 1.92. The molecule has 0 aliphatic carbocycles. The van der Waals surface area contributed by atoms with Crippen LogP contribution in [0.5, 0.6) is 0 Å². The van der Waals surface area contributed by atoms with E-state index in [4.69, 9.17) is 10.6 Å². The smallest absolute Gasteiger partial charge is 0.0542 e. The number of aromatic nitrogens is 2. The molecule has 5 nitrogen and oxygen atoms in total. The molecule has 1 fully saturated rings. The number of ether oxygens (including phenoxy) is 1. The molecule has 0 spiro atoms. The molecule has 0 amide bonds. The molecule has 1 aromatic rings. The topological polar surface area (TPSA) is 65.1 Å². The van der Waals surface area contributed by atoms with E-state index in [1.165, 1.54) is 0 Å². The lowest BCUT2D eigenvalue weighted by Gasteiger charge is -2.19. The van der Waals surface area contributed by atoms with Gasteiger partial charge in [-0.25, -0.2) is 0 Å². The SMILES string of the molecule is Cn1cc(C(NN)C2CCOC2)cn1. The summed E-state index contributed by atoms with van der Waals surface area (Å²) in [5, 5.41) is 4.14. The van der Waals surface area contributed by atoms with Gasteiger partial charge in [-0.3, -0.25) is 16.0 Å². The van der Waals surface area contributed by atoms with Crippen molar-refractivity contribution in [1.82, 2.24) is 15.2 Å². The van der Waals surface area contributed by atoms with E-state index in [-0.39, 0.29) is 6.04 Å². The largest absolute Gasteiger partial charge is 0.381 e. The normalized spacial score (nSPS) is 24.0. The molecule has 0 saturated carbocycles. The third kappa shape index (κ3) is 1.79. The summed E-state index contributed by atoms with van der Waals surface area (Å²) in [6.45, 7) is 1.62. The molecule has 0 radical (unpaired) electrons. The van der Waals surface area contributed by atoms with Gasteiger partial charge in [-0.2, -0.15) is 5.10 Å². The molecule has 78 valence electrons. The minimum absolute atomic E-state index is 0.159. The van der Waals surface area contributed by atoms with Crippen LogP contribution in [0.4, 0.5) is 0 Å². The van der Waals surface area contributed by atoms with Crippen LogP contribution in [0.25, 0.3) is 0 Å². The Bertz CT molecular complexity index is 293. The minimum Gasteiger partial charge on any atom is -0.381 e. The molecule has 5 heteroatoms. The molecular weight excluding hydrogens is 180 g/mol. The van der Waals surface area contributed by atoms with E-state index in [2.05, 4.69) is 10.5 Å². The highest BCUT2D eigenvalue weighted by atomic mass is 16.5. The Labute approximate surface area is 83.2 Å². The molecule has 0 aromatic carbocycles. The second kappa shape index (κ2) is 4.08. The molecule has 14 heavy (non-hydrogen) atoms. The van der Waals surface area contributed by atoms with E-state index in [1.54, 1.807) is 4.68 Å². The van der Waals surface area contributed by atoms with Crippen molar-refractivity contribution in [1.29, 1.82) is 0 Å². The third-order valence-corrected chi connectivity index (χ3v) is 2.70. The Morgan fingerprint density at radius 1 is 1.79 bits per heavy atom. The molecule has 1 saturated heterocycles. The molecule has 2 atom stereocenters. The highest BCUT2D eigenvalue weighted by Crippen LogP contribution is 2.27. The van der Waals surface area contributed by atoms with Gasteiger partial charge in [0.25, 0.3) is 0 Å². The van der Waals surface area contributed by atoms with Gasteiger partial charge < -0.3 is 4.74 Å². The number of hydrogen-bond donors (Lipinski definition) is 2. The molecule has 0 bridgehead atoms. The van der Waals surface area contributed by atoms with Crippen LogP contribution in [0.1, 0.15) is 18.0 Å². The summed E-state index contributed by atoms with van der Waals surface area (Å²) in [5.41, 5.74) is 3.97. The van der Waals surface area contributed by atoms with Crippen LogP contribution in [0.2, 0.25) is 0 Å². The van der Waals surface area contributed by atoms with Crippen molar-refractivity contribution in [2.75, 3.05) is 13.2 Å². The van der Waals surface area contributed by atoms with E-state index in [9.17, 15) is 0 Å². The van der Waals surface area contributed by atoms with Gasteiger partial charge in [0.1, 0.15) is 0 Å². The number of nitrogens with zero attached hydrogens (tertiary/aromatic N) is 2. The van der Waals surface area contributed by atoms with Gasteiger partial charge in [0.15, 0.2) is 0 Å². The van der Waals surface area contributed by atoms with Crippen molar-refractivity contribution < 1.29 is 4.74 Å². The van der Waals surface area contributed by atoms with E-state index in [0.717, 1.165) is 25.2 Å². The summed E-state index contributed by atoms with van der Waals surface area (Å²) in [6.07, 6.45) is 4.90. The molecule has 2 unspecified atom stereocenters. The summed E-state index contributed by atoms with van der Waals surface area (Å²) >= 11 is 0. The molecular formula is C9H16N4O. The number of hydrogen-bond acceptors (Lipinski definition) is 4. The number of nitrogens with one attached hydrogen (secondary N) is 1. The van der Waals surface area contributed by atoms with Crippen molar-refractivity contribution >= 4 is 0 Å². The molecule has 3 N–H and O–H groups in total. The summed E-state index contributed by atoms with van der Waals surface area (Å²) in [7, 11) is 1.90. The summed E-state index contributed by atoms with van der Waals surface area (Å²) in [6, 6.07) is 0.159. The van der Waals surface area contributed by atoms with Crippen LogP contribution in [0.3, 0.4) is 0 Å². The summed E-state index contributed by atoms with van der Waals surface area (Å²) < 4.78 is 7.13. The second-order valence-electron chi connectivity index (χ2n) is 3.72. The zero-order chi connectivity index (χ0) is 9.97. The number of nitrogens with two attached hydrogens (primary N) is 1. The van der Waals surface area contributed by atoms with Crippen LogP contribution in [0, 0.1) is 5.92 Å². The van der Waals surface area contributed by atoms with E-state index in [0.29, 0.717) is 5.92 Å². The van der Waals surface area contributed by atoms with Crippen LogP contribution < -0.4 is 11.3 Å². The highest BCUT2D eigenvalue weighted by Gasteiger charge is 2.26. The standard InChI is InChI=1S/C9H16N4O/c1-13-5-8(4-11-13)9(12-10)7-2-3-14-6-7/h4-5,7,9,12H,2-3,6,10H2,1H3. The Morgan fingerprint density at radius 2 is 2.64 bits per heavy atom. The zero-order valence-electron chi connectivity index (χ0n) is 8.31. The van der Waals surface area contributed by atoms with E-state index < -0.39 is 0 Å². The first kappa shape index (κ1) is 9.64. The Hall–Kier alpha value is -0.910. The quantitative estimate of drug-likeness (QED) is 0.526. The maximum atomic E-state index is 5.55. The zero-order valence-corrected chi connectivity index (χ0v) is 8.31. The van der Waals surface area contributed by atoms with Gasteiger partial charge in [0.2, 0.25) is 0 Å². The van der Waals surface area contributed by atoms with Crippen molar-refractivity contribution in [2.45, 2.75) is 12.5 Å². The highest BCUT2D eigenvalue weighted by molar-refractivity contribution is 5.11. The molecule has 1 aliphatic heterocycles. The minimum atomic E-state index is 0.159. The van der Waals surface area contributed by atoms with E-state index in [1.807, 2.05) is 19.4 Å². The third-order valence-electron chi connectivity index (χ3n) is 2.70. The Balaban J connectivity index is 2.12. The summed E-state index contributed by atoms with van der Waals surface area (Å²) in [5.74, 6) is 6.01. The fourth-order valence-corrected chi connectivity index (χ4v) is 1.92. The van der Waals surface area contributed by atoms with Crippen LogP contribution in [0.15, 0.2) is 12.4 Å². The second-order valence-corrected chi connectivity index (χ2v) is 3.72. The lowest BCUT2D eigenvalue weighted by Crippen LogP contribution is -2.33. The van der Waals surface area contributed by atoms with Crippen LogP contribution in [-0.2, 0) is 11.8 Å². The predicted molar refractivity (Wildman–Crippen MR) is 52.2 cm³/mol. The Morgan fingerprint density at radius 3 is 3.14 bits per heavy atom. The lowest BCUT2D eigenvalue weighted by atomic mass is 9.95. The lowest BCUT2D eigenvalue weighted by molar-refractivity contribution is 0.177. The van der Waals surface area contributed by atoms with Crippen LogP contribution >= 0.6 is 0 Å². The Kier molecular flexibility index (Phi) is 2.81. The van der Waals surface area contributed by atoms with Gasteiger partial charge >= 0.3 is 0 Å². The van der Waals surface area contributed by atoms with Gasteiger partial charge in [0, 0.05) is 31.3 Å². The van der Waals surface area contributed by atoms with Gasteiger partial charge in [0.05, 0.1) is 18.8 Å². The number of aryl methyl sites for hydroxylation is 1. The van der Waals surface area contributed by atoms with Crippen molar-refractivity contribution in [3.63, 3.8) is 0 Å². The van der Waals surface area contributed by atoms with Crippen LogP contribution in [-0.4, -0.2) is 23.0 Å². The molecule has 2 rings (SSSR count). The average Bonchev–Trinajstić information content (AvgIpc) is 2.79. The first-order valence-electron chi connectivity index (χ1n) is 4.83. The van der Waals surface area contributed by atoms with Crippen molar-refractivity contribution in [3.8, 4) is 0 Å². The van der Waals surface area contributed by atoms with Gasteiger partial charge in [-0.15, -0.1) is 0 Å². The molecule has 1 aromatic heterocycles. The maximum Gasteiger partial charge on any atom is 0.0542 e. The maximum absolute atomic E-state index is 5.55. The number of hydrazine groups is 1. The van der Waals surface area contributed by atoms with Gasteiger partial charge in [-0.1, -0.05) is 0 Å². The summed E-state index contributed by atoms with van der Waals surface area (Å²) in [4.78, 5) is 0. The monoisotopic (exact) mass is 196 g/mol.